The van der Waals surface area contributed by atoms with Gasteiger partial charge in [0.2, 0.25) is 0 Å². The van der Waals surface area contributed by atoms with Gasteiger partial charge in [-0.25, -0.2) is 0 Å². The second kappa shape index (κ2) is 9.04. The van der Waals surface area contributed by atoms with Gasteiger partial charge in [0.15, 0.2) is 0 Å². The zero-order valence-electron chi connectivity index (χ0n) is 14.8. The molecule has 5 atom stereocenters. The zero-order chi connectivity index (χ0) is 15.1. The Balaban J connectivity index is 2.63. The predicted molar refractivity (Wildman–Crippen MR) is 90.1 cm³/mol. The summed E-state index contributed by atoms with van der Waals surface area (Å²) in [6.07, 6.45) is 4.07. The Labute approximate surface area is 127 Å². The molecule has 1 aliphatic carbocycles. The zero-order valence-corrected chi connectivity index (χ0v) is 14.8. The van der Waals surface area contributed by atoms with E-state index in [1.165, 1.54) is 38.9 Å². The SMILES string of the molecule is CCNC1CC(C)CC(C)C1CN(CC)CC(C)CC. The van der Waals surface area contributed by atoms with Crippen molar-refractivity contribution in [2.24, 2.45) is 23.7 Å². The molecule has 0 aliphatic heterocycles. The average Bonchev–Trinajstić information content (AvgIpc) is 2.41. The minimum atomic E-state index is 0.727. The monoisotopic (exact) mass is 282 g/mol. The van der Waals surface area contributed by atoms with Crippen molar-refractivity contribution in [2.75, 3.05) is 26.2 Å². The first-order chi connectivity index (χ1) is 9.51. The summed E-state index contributed by atoms with van der Waals surface area (Å²) >= 11 is 0. The van der Waals surface area contributed by atoms with Crippen LogP contribution in [0.1, 0.15) is 60.8 Å². The van der Waals surface area contributed by atoms with Gasteiger partial charge in [-0.05, 0) is 49.6 Å². The number of rotatable bonds is 8. The quantitative estimate of drug-likeness (QED) is 0.723. The first-order valence-electron chi connectivity index (χ1n) is 8.97. The molecule has 1 rings (SSSR count). The van der Waals surface area contributed by atoms with E-state index >= 15 is 0 Å². The third kappa shape index (κ3) is 5.37. The Morgan fingerprint density at radius 2 is 1.85 bits per heavy atom. The van der Waals surface area contributed by atoms with Crippen molar-refractivity contribution in [3.63, 3.8) is 0 Å². The van der Waals surface area contributed by atoms with Crippen LogP contribution in [0.4, 0.5) is 0 Å². The van der Waals surface area contributed by atoms with E-state index in [0.717, 1.165) is 36.3 Å². The van der Waals surface area contributed by atoms with Crippen LogP contribution in [0.5, 0.6) is 0 Å². The molecule has 0 saturated heterocycles. The molecule has 2 heteroatoms. The number of hydrogen-bond donors (Lipinski definition) is 1. The van der Waals surface area contributed by atoms with E-state index in [9.17, 15) is 0 Å². The summed E-state index contributed by atoms with van der Waals surface area (Å²) < 4.78 is 0. The molecule has 1 aliphatic rings. The lowest BCUT2D eigenvalue weighted by Gasteiger charge is -2.42. The fourth-order valence-corrected chi connectivity index (χ4v) is 3.92. The second-order valence-electron chi connectivity index (χ2n) is 7.25. The first-order valence-corrected chi connectivity index (χ1v) is 8.97. The Bertz CT molecular complexity index is 254. The van der Waals surface area contributed by atoms with Crippen LogP contribution in [0.15, 0.2) is 0 Å². The van der Waals surface area contributed by atoms with E-state index in [0.29, 0.717) is 0 Å². The number of nitrogens with one attached hydrogen (secondary N) is 1. The molecular formula is C18H38N2. The minimum Gasteiger partial charge on any atom is -0.314 e. The standard InChI is InChI=1S/C18H38N2/c1-7-14(4)12-20(9-3)13-17-16(6)10-15(5)11-18(17)19-8-2/h14-19H,7-13H2,1-6H3. The van der Waals surface area contributed by atoms with Crippen LogP contribution in [-0.2, 0) is 0 Å². The van der Waals surface area contributed by atoms with Crippen LogP contribution in [0, 0.1) is 23.7 Å². The summed E-state index contributed by atoms with van der Waals surface area (Å²) in [5.41, 5.74) is 0. The van der Waals surface area contributed by atoms with E-state index < -0.39 is 0 Å². The van der Waals surface area contributed by atoms with E-state index in [1.54, 1.807) is 0 Å². The molecule has 0 aromatic rings. The van der Waals surface area contributed by atoms with Crippen LogP contribution in [0.3, 0.4) is 0 Å². The summed E-state index contributed by atoms with van der Waals surface area (Å²) in [7, 11) is 0. The maximum atomic E-state index is 3.77. The molecule has 1 N–H and O–H groups in total. The molecular weight excluding hydrogens is 244 g/mol. The summed E-state index contributed by atoms with van der Waals surface area (Å²) in [5, 5.41) is 3.77. The lowest BCUT2D eigenvalue weighted by atomic mass is 9.72. The molecule has 5 unspecified atom stereocenters. The maximum Gasteiger partial charge on any atom is 0.0112 e. The molecule has 1 fully saturated rings. The van der Waals surface area contributed by atoms with E-state index in [-0.39, 0.29) is 0 Å². The topological polar surface area (TPSA) is 15.3 Å². The van der Waals surface area contributed by atoms with Gasteiger partial charge in [0.1, 0.15) is 0 Å². The van der Waals surface area contributed by atoms with Gasteiger partial charge in [0.05, 0.1) is 0 Å². The minimum absolute atomic E-state index is 0.727. The molecule has 0 heterocycles. The third-order valence-corrected chi connectivity index (χ3v) is 5.33. The fourth-order valence-electron chi connectivity index (χ4n) is 3.92. The van der Waals surface area contributed by atoms with Crippen molar-refractivity contribution < 1.29 is 0 Å². The van der Waals surface area contributed by atoms with Gasteiger partial charge in [-0.2, -0.15) is 0 Å². The van der Waals surface area contributed by atoms with Crippen molar-refractivity contribution in [3.05, 3.63) is 0 Å². The highest BCUT2D eigenvalue weighted by Crippen LogP contribution is 2.34. The van der Waals surface area contributed by atoms with Crippen LogP contribution < -0.4 is 5.32 Å². The summed E-state index contributed by atoms with van der Waals surface area (Å²) in [6, 6.07) is 0.727. The van der Waals surface area contributed by atoms with E-state index in [2.05, 4.69) is 51.8 Å². The fraction of sp³-hybridized carbons (Fsp3) is 1.00. The summed E-state index contributed by atoms with van der Waals surface area (Å²) in [4.78, 5) is 2.69. The third-order valence-electron chi connectivity index (χ3n) is 5.33. The first kappa shape index (κ1) is 18.0. The molecule has 1 saturated carbocycles. The van der Waals surface area contributed by atoms with Crippen molar-refractivity contribution in [3.8, 4) is 0 Å². The highest BCUT2D eigenvalue weighted by Gasteiger charge is 2.34. The molecule has 0 aromatic carbocycles. The van der Waals surface area contributed by atoms with Crippen molar-refractivity contribution >= 4 is 0 Å². The van der Waals surface area contributed by atoms with Crippen LogP contribution >= 0.6 is 0 Å². The molecule has 120 valence electrons. The molecule has 2 nitrogen and oxygen atoms in total. The van der Waals surface area contributed by atoms with Crippen molar-refractivity contribution in [1.82, 2.24) is 10.2 Å². The average molecular weight is 283 g/mol. The van der Waals surface area contributed by atoms with Gasteiger partial charge in [0, 0.05) is 19.1 Å². The summed E-state index contributed by atoms with van der Waals surface area (Å²) in [6.45, 7) is 19.0. The highest BCUT2D eigenvalue weighted by atomic mass is 15.1. The molecule has 0 spiro atoms. The molecule has 20 heavy (non-hydrogen) atoms. The number of nitrogens with zero attached hydrogens (tertiary/aromatic N) is 1. The van der Waals surface area contributed by atoms with E-state index in [4.69, 9.17) is 0 Å². The Morgan fingerprint density at radius 3 is 2.40 bits per heavy atom. The van der Waals surface area contributed by atoms with Gasteiger partial charge in [-0.1, -0.05) is 48.0 Å². The van der Waals surface area contributed by atoms with Crippen LogP contribution in [-0.4, -0.2) is 37.1 Å². The van der Waals surface area contributed by atoms with Gasteiger partial charge >= 0.3 is 0 Å². The Kier molecular flexibility index (Phi) is 8.13. The van der Waals surface area contributed by atoms with E-state index in [1.807, 2.05) is 0 Å². The molecule has 0 bridgehead atoms. The Hall–Kier alpha value is -0.0800. The van der Waals surface area contributed by atoms with Gasteiger partial charge in [-0.3, -0.25) is 0 Å². The van der Waals surface area contributed by atoms with Crippen molar-refractivity contribution in [2.45, 2.75) is 66.8 Å². The van der Waals surface area contributed by atoms with Gasteiger partial charge < -0.3 is 10.2 Å². The van der Waals surface area contributed by atoms with Gasteiger partial charge in [0.25, 0.3) is 0 Å². The van der Waals surface area contributed by atoms with Crippen LogP contribution in [0.2, 0.25) is 0 Å². The smallest absolute Gasteiger partial charge is 0.0112 e. The lowest BCUT2D eigenvalue weighted by molar-refractivity contribution is 0.0971. The molecule has 0 radical (unpaired) electrons. The van der Waals surface area contributed by atoms with Crippen molar-refractivity contribution in [1.29, 1.82) is 0 Å². The maximum absolute atomic E-state index is 3.77. The summed E-state index contributed by atoms with van der Waals surface area (Å²) in [5.74, 6) is 3.39. The lowest BCUT2D eigenvalue weighted by Crippen LogP contribution is -2.49. The predicted octanol–water partition coefficient (Wildman–Crippen LogP) is 4.01. The Morgan fingerprint density at radius 1 is 1.15 bits per heavy atom. The molecule has 0 aromatic heterocycles. The second-order valence-corrected chi connectivity index (χ2v) is 7.25. The number of hydrogen-bond acceptors (Lipinski definition) is 2. The largest absolute Gasteiger partial charge is 0.314 e. The normalized spacial score (nSPS) is 32.5. The van der Waals surface area contributed by atoms with Gasteiger partial charge in [-0.15, -0.1) is 0 Å². The highest BCUT2D eigenvalue weighted by molar-refractivity contribution is 4.89. The molecule has 0 amide bonds. The van der Waals surface area contributed by atoms with Crippen LogP contribution in [0.25, 0.3) is 0 Å².